The average molecular weight is 303 g/mol. The fourth-order valence-corrected chi connectivity index (χ4v) is 3.10. The van der Waals surface area contributed by atoms with Gasteiger partial charge in [0.05, 0.1) is 5.75 Å². The van der Waals surface area contributed by atoms with Gasteiger partial charge in [0.2, 0.25) is 10.0 Å². The Morgan fingerprint density at radius 1 is 1.40 bits per heavy atom. The zero-order valence-corrected chi connectivity index (χ0v) is 12.0. The summed E-state index contributed by atoms with van der Waals surface area (Å²) in [6.45, 7) is 1.88. The van der Waals surface area contributed by atoms with E-state index in [1.807, 2.05) is 6.92 Å². The van der Waals surface area contributed by atoms with Crippen LogP contribution in [0.25, 0.3) is 0 Å². The summed E-state index contributed by atoms with van der Waals surface area (Å²) in [7, 11) is -3.90. The van der Waals surface area contributed by atoms with Gasteiger partial charge in [0.25, 0.3) is 0 Å². The molecule has 5 nitrogen and oxygen atoms in total. The van der Waals surface area contributed by atoms with E-state index in [0.29, 0.717) is 6.42 Å². The van der Waals surface area contributed by atoms with Crippen molar-refractivity contribution in [3.8, 4) is 0 Å². The maximum Gasteiger partial charge on any atom is 0.321 e. The van der Waals surface area contributed by atoms with Crippen LogP contribution in [-0.4, -0.2) is 25.5 Å². The Morgan fingerprint density at radius 3 is 2.60 bits per heavy atom. The molecule has 20 heavy (non-hydrogen) atoms. The topological polar surface area (TPSA) is 83.5 Å². The fourth-order valence-electron chi connectivity index (χ4n) is 1.72. The number of hydrogen-bond donors (Lipinski definition) is 2. The molecule has 0 bridgehead atoms. The highest BCUT2D eigenvalue weighted by molar-refractivity contribution is 7.88. The van der Waals surface area contributed by atoms with Gasteiger partial charge in [-0.1, -0.05) is 38.0 Å². The standard InChI is InChI=1S/C13H18FNO4S/c1-2-3-8-12(13(16)17)15-20(18,19)9-10-6-4-5-7-11(10)14/h4-7,12,15H,2-3,8-9H2,1H3,(H,16,17). The van der Waals surface area contributed by atoms with Crippen LogP contribution in [0, 0.1) is 5.82 Å². The molecular formula is C13H18FNO4S. The van der Waals surface area contributed by atoms with Crippen LogP contribution >= 0.6 is 0 Å². The number of nitrogens with one attached hydrogen (secondary N) is 1. The lowest BCUT2D eigenvalue weighted by atomic mass is 10.1. The highest BCUT2D eigenvalue weighted by Gasteiger charge is 2.24. The van der Waals surface area contributed by atoms with E-state index >= 15 is 0 Å². The summed E-state index contributed by atoms with van der Waals surface area (Å²) in [4.78, 5) is 11.0. The van der Waals surface area contributed by atoms with E-state index in [1.165, 1.54) is 18.2 Å². The van der Waals surface area contributed by atoms with Crippen molar-refractivity contribution in [1.29, 1.82) is 0 Å². The maximum atomic E-state index is 13.4. The third-order valence-corrected chi connectivity index (χ3v) is 4.10. The maximum absolute atomic E-state index is 13.4. The first kappa shape index (κ1) is 16.6. The molecular weight excluding hydrogens is 285 g/mol. The van der Waals surface area contributed by atoms with Crippen LogP contribution in [0.2, 0.25) is 0 Å². The van der Waals surface area contributed by atoms with Crippen molar-refractivity contribution in [2.24, 2.45) is 0 Å². The Hall–Kier alpha value is -1.47. The van der Waals surface area contributed by atoms with Gasteiger partial charge in [-0.15, -0.1) is 0 Å². The number of aliphatic carboxylic acids is 1. The van der Waals surface area contributed by atoms with E-state index in [4.69, 9.17) is 5.11 Å². The number of halogens is 1. The summed E-state index contributed by atoms with van der Waals surface area (Å²) < 4.78 is 39.3. The summed E-state index contributed by atoms with van der Waals surface area (Å²) in [5.74, 6) is -2.43. The molecule has 0 aliphatic rings. The summed E-state index contributed by atoms with van der Waals surface area (Å²) >= 11 is 0. The molecule has 1 aromatic rings. The number of rotatable bonds is 8. The molecule has 1 aromatic carbocycles. The minimum Gasteiger partial charge on any atom is -0.480 e. The van der Waals surface area contributed by atoms with Crippen molar-refractivity contribution in [1.82, 2.24) is 4.72 Å². The molecule has 0 spiro atoms. The van der Waals surface area contributed by atoms with E-state index in [-0.39, 0.29) is 12.0 Å². The zero-order valence-electron chi connectivity index (χ0n) is 11.2. The molecule has 7 heteroatoms. The Bertz CT molecular complexity index is 559. The molecule has 1 rings (SSSR count). The van der Waals surface area contributed by atoms with Crippen molar-refractivity contribution in [2.45, 2.75) is 38.0 Å². The smallest absolute Gasteiger partial charge is 0.321 e. The van der Waals surface area contributed by atoms with Crippen molar-refractivity contribution in [3.63, 3.8) is 0 Å². The molecule has 0 aliphatic carbocycles. The van der Waals surface area contributed by atoms with Crippen molar-refractivity contribution in [3.05, 3.63) is 35.6 Å². The van der Waals surface area contributed by atoms with Crippen LogP contribution in [0.5, 0.6) is 0 Å². The molecule has 0 amide bonds. The normalized spacial score (nSPS) is 13.1. The lowest BCUT2D eigenvalue weighted by Gasteiger charge is -2.14. The molecule has 0 fully saturated rings. The zero-order chi connectivity index (χ0) is 15.2. The molecule has 1 atom stereocenters. The van der Waals surface area contributed by atoms with E-state index in [1.54, 1.807) is 0 Å². The van der Waals surface area contributed by atoms with Gasteiger partial charge in [0, 0.05) is 5.56 Å². The second kappa shape index (κ2) is 7.35. The second-order valence-corrected chi connectivity index (χ2v) is 6.26. The number of unbranched alkanes of at least 4 members (excludes halogenated alkanes) is 1. The predicted molar refractivity (Wildman–Crippen MR) is 73.1 cm³/mol. The van der Waals surface area contributed by atoms with Gasteiger partial charge in [-0.25, -0.2) is 17.5 Å². The molecule has 0 heterocycles. The van der Waals surface area contributed by atoms with Crippen molar-refractivity contribution >= 4 is 16.0 Å². The highest BCUT2D eigenvalue weighted by Crippen LogP contribution is 2.11. The van der Waals surface area contributed by atoms with Gasteiger partial charge in [-0.3, -0.25) is 4.79 Å². The first-order valence-electron chi connectivity index (χ1n) is 6.32. The van der Waals surface area contributed by atoms with Gasteiger partial charge < -0.3 is 5.11 Å². The molecule has 0 saturated carbocycles. The number of benzene rings is 1. The van der Waals surface area contributed by atoms with E-state index in [0.717, 1.165) is 12.5 Å². The van der Waals surface area contributed by atoms with E-state index in [9.17, 15) is 17.6 Å². The minimum absolute atomic E-state index is 0.0135. The third-order valence-electron chi connectivity index (χ3n) is 2.77. The van der Waals surface area contributed by atoms with E-state index < -0.39 is 33.6 Å². The van der Waals surface area contributed by atoms with Crippen molar-refractivity contribution < 1.29 is 22.7 Å². The molecule has 0 saturated heterocycles. The molecule has 112 valence electrons. The number of carbonyl (C=O) groups is 1. The van der Waals surface area contributed by atoms with Crippen LogP contribution in [0.3, 0.4) is 0 Å². The summed E-state index contributed by atoms with van der Waals surface area (Å²) in [6.07, 6.45) is 1.57. The van der Waals surface area contributed by atoms with Gasteiger partial charge in [-0.2, -0.15) is 0 Å². The summed E-state index contributed by atoms with van der Waals surface area (Å²) in [5, 5.41) is 8.98. The first-order chi connectivity index (χ1) is 9.35. The minimum atomic E-state index is -3.90. The van der Waals surface area contributed by atoms with Gasteiger partial charge in [0.1, 0.15) is 11.9 Å². The quantitative estimate of drug-likeness (QED) is 0.768. The number of sulfonamides is 1. The van der Waals surface area contributed by atoms with Crippen LogP contribution in [0.15, 0.2) is 24.3 Å². The SMILES string of the molecule is CCCCC(NS(=O)(=O)Cc1ccccc1F)C(=O)O. The van der Waals surface area contributed by atoms with Crippen LogP contribution < -0.4 is 4.72 Å². The van der Waals surface area contributed by atoms with Crippen LogP contribution in [0.1, 0.15) is 31.7 Å². The fraction of sp³-hybridized carbons (Fsp3) is 0.462. The number of carboxylic acid groups (broad SMARTS) is 1. The average Bonchev–Trinajstić information content (AvgIpc) is 2.36. The number of hydrogen-bond acceptors (Lipinski definition) is 3. The molecule has 1 unspecified atom stereocenters. The Morgan fingerprint density at radius 2 is 2.05 bits per heavy atom. The summed E-state index contributed by atoms with van der Waals surface area (Å²) in [6, 6.07) is 4.33. The molecule has 2 N–H and O–H groups in total. The molecule has 0 aromatic heterocycles. The van der Waals surface area contributed by atoms with E-state index in [2.05, 4.69) is 4.72 Å². The molecule has 0 radical (unpaired) electrons. The Labute approximate surface area is 117 Å². The Balaban J connectivity index is 2.78. The molecule has 0 aliphatic heterocycles. The van der Waals surface area contributed by atoms with Gasteiger partial charge in [0.15, 0.2) is 0 Å². The number of carboxylic acids is 1. The monoisotopic (exact) mass is 303 g/mol. The largest absolute Gasteiger partial charge is 0.480 e. The van der Waals surface area contributed by atoms with Crippen molar-refractivity contribution in [2.75, 3.05) is 0 Å². The highest BCUT2D eigenvalue weighted by atomic mass is 32.2. The van der Waals surface area contributed by atoms with Gasteiger partial charge >= 0.3 is 5.97 Å². The second-order valence-electron chi connectivity index (χ2n) is 4.50. The lowest BCUT2D eigenvalue weighted by molar-refractivity contribution is -0.139. The predicted octanol–water partition coefficient (Wildman–Crippen LogP) is 1.89. The van der Waals surface area contributed by atoms with Crippen LogP contribution in [0.4, 0.5) is 4.39 Å². The van der Waals surface area contributed by atoms with Gasteiger partial charge in [-0.05, 0) is 12.5 Å². The Kier molecular flexibility index (Phi) is 6.09. The first-order valence-corrected chi connectivity index (χ1v) is 7.97. The van der Waals surface area contributed by atoms with Crippen LogP contribution in [-0.2, 0) is 20.6 Å². The lowest BCUT2D eigenvalue weighted by Crippen LogP contribution is -2.41. The summed E-state index contributed by atoms with van der Waals surface area (Å²) in [5.41, 5.74) is 0.0135. The third kappa shape index (κ3) is 5.26.